The van der Waals surface area contributed by atoms with Crippen LogP contribution in [0.5, 0.6) is 0 Å². The molecule has 0 aliphatic rings. The van der Waals surface area contributed by atoms with Crippen molar-refractivity contribution < 1.29 is 0 Å². The summed E-state index contributed by atoms with van der Waals surface area (Å²) in [5.74, 6) is 0. The van der Waals surface area contributed by atoms with Crippen molar-refractivity contribution >= 4 is 19.8 Å². The summed E-state index contributed by atoms with van der Waals surface area (Å²) in [4.78, 5) is 0. The van der Waals surface area contributed by atoms with Gasteiger partial charge in [-0.05, 0) is 41.3 Å². The van der Waals surface area contributed by atoms with Crippen molar-refractivity contribution in [1.29, 1.82) is 0 Å². The Bertz CT molecular complexity index is 574. The molecule has 1 heterocycles. The van der Waals surface area contributed by atoms with Gasteiger partial charge in [-0.25, -0.2) is 0 Å². The fourth-order valence-electron chi connectivity index (χ4n) is 1.74. The Morgan fingerprint density at radius 1 is 1.21 bits per heavy atom. The summed E-state index contributed by atoms with van der Waals surface area (Å²) < 4.78 is 1.85. The van der Waals surface area contributed by atoms with Crippen molar-refractivity contribution in [1.82, 2.24) is 20.2 Å². The number of tetrazole rings is 1. The normalized spacial score (nSPS) is 11.8. The highest BCUT2D eigenvalue weighted by Gasteiger charge is 2.17. The molecule has 0 saturated carbocycles. The second kappa shape index (κ2) is 5.46. The number of thioether (sulfide) groups is 1. The van der Waals surface area contributed by atoms with E-state index in [1.807, 2.05) is 4.68 Å². The van der Waals surface area contributed by atoms with Crippen LogP contribution in [-0.2, 0) is 0 Å². The average Bonchev–Trinajstić information content (AvgIpc) is 2.73. The number of hydrogen-bond acceptors (Lipinski definition) is 4. The van der Waals surface area contributed by atoms with E-state index in [1.54, 1.807) is 11.8 Å². The summed E-state index contributed by atoms with van der Waals surface area (Å²) in [6.07, 6.45) is 0. The van der Waals surface area contributed by atoms with Gasteiger partial charge < -0.3 is 0 Å². The summed E-state index contributed by atoms with van der Waals surface area (Å²) in [5.41, 5.74) is 3.52. The molecule has 102 valence electrons. The molecule has 19 heavy (non-hydrogen) atoms. The molecule has 0 N–H and O–H groups in total. The lowest BCUT2D eigenvalue weighted by Gasteiger charge is -2.14. The van der Waals surface area contributed by atoms with Gasteiger partial charge in [-0.1, -0.05) is 49.1 Å². The molecule has 0 aliphatic heterocycles. The van der Waals surface area contributed by atoms with Crippen LogP contribution in [0, 0.1) is 13.8 Å². The van der Waals surface area contributed by atoms with Crippen LogP contribution in [0.25, 0.3) is 5.69 Å². The van der Waals surface area contributed by atoms with Crippen LogP contribution in [0.1, 0.15) is 11.1 Å². The molecule has 0 amide bonds. The lowest BCUT2D eigenvalue weighted by molar-refractivity contribution is 0.752. The topological polar surface area (TPSA) is 43.6 Å². The van der Waals surface area contributed by atoms with E-state index in [0.717, 1.165) is 16.2 Å². The minimum absolute atomic E-state index is 0.884. The van der Waals surface area contributed by atoms with Crippen LogP contribution in [0.4, 0.5) is 0 Å². The van der Waals surface area contributed by atoms with Crippen molar-refractivity contribution in [2.45, 2.75) is 38.6 Å². The van der Waals surface area contributed by atoms with Gasteiger partial charge >= 0.3 is 0 Å². The number of aryl methyl sites for hydroxylation is 2. The fourth-order valence-corrected chi connectivity index (χ4v) is 4.34. The van der Waals surface area contributed by atoms with Gasteiger partial charge in [-0.2, -0.15) is 4.68 Å². The summed E-state index contributed by atoms with van der Waals surface area (Å²) in [6, 6.07) is 6.33. The summed E-state index contributed by atoms with van der Waals surface area (Å²) in [5, 5.41) is 14.1. The van der Waals surface area contributed by atoms with Crippen LogP contribution in [0.15, 0.2) is 23.4 Å². The number of nitrogens with zero attached hydrogens (tertiary/aromatic N) is 4. The Morgan fingerprint density at radius 2 is 1.95 bits per heavy atom. The molecule has 6 heteroatoms. The molecular formula is C13H20N4SSi. The molecule has 1 aromatic heterocycles. The minimum Gasteiger partial charge on any atom is -0.187 e. The lowest BCUT2D eigenvalue weighted by atomic mass is 10.1. The van der Waals surface area contributed by atoms with Crippen molar-refractivity contribution in [3.05, 3.63) is 29.3 Å². The number of aromatic nitrogens is 4. The largest absolute Gasteiger partial charge is 0.213 e. The summed E-state index contributed by atoms with van der Waals surface area (Å²) in [7, 11) is -1.11. The molecule has 2 rings (SSSR count). The third-order valence-corrected chi connectivity index (χ3v) is 7.21. The monoisotopic (exact) mass is 292 g/mol. The van der Waals surface area contributed by atoms with Crippen LogP contribution >= 0.6 is 11.8 Å². The zero-order valence-corrected chi connectivity index (χ0v) is 14.0. The number of hydrogen-bond donors (Lipinski definition) is 0. The highest BCUT2D eigenvalue weighted by Crippen LogP contribution is 2.23. The number of benzene rings is 1. The first-order valence-corrected chi connectivity index (χ1v) is 11.0. The third-order valence-electron chi connectivity index (χ3n) is 2.66. The molecular weight excluding hydrogens is 272 g/mol. The molecule has 0 atom stereocenters. The van der Waals surface area contributed by atoms with E-state index in [2.05, 4.69) is 67.2 Å². The SMILES string of the molecule is Cc1ccc(-n2nnnc2SC[Si](C)(C)C)c(C)c1. The predicted octanol–water partition coefficient (Wildman–Crippen LogP) is 3.25. The van der Waals surface area contributed by atoms with Crippen molar-refractivity contribution in [2.75, 3.05) is 5.38 Å². The van der Waals surface area contributed by atoms with E-state index >= 15 is 0 Å². The first-order valence-electron chi connectivity index (χ1n) is 6.36. The van der Waals surface area contributed by atoms with E-state index in [4.69, 9.17) is 0 Å². The molecule has 0 aliphatic carbocycles. The van der Waals surface area contributed by atoms with Gasteiger partial charge in [0.25, 0.3) is 0 Å². The highest BCUT2D eigenvalue weighted by molar-refractivity contribution is 8.00. The first-order chi connectivity index (χ1) is 8.87. The fraction of sp³-hybridized carbons (Fsp3) is 0.462. The Kier molecular flexibility index (Phi) is 4.10. The van der Waals surface area contributed by atoms with Crippen molar-refractivity contribution in [3.8, 4) is 5.69 Å². The minimum atomic E-state index is -1.11. The molecule has 0 radical (unpaired) electrons. The van der Waals surface area contributed by atoms with E-state index < -0.39 is 8.07 Å². The van der Waals surface area contributed by atoms with Crippen LogP contribution in [0.2, 0.25) is 19.6 Å². The first kappa shape index (κ1) is 14.3. The van der Waals surface area contributed by atoms with E-state index in [-0.39, 0.29) is 0 Å². The van der Waals surface area contributed by atoms with Gasteiger partial charge in [0.15, 0.2) is 0 Å². The van der Waals surface area contributed by atoms with E-state index in [1.165, 1.54) is 11.1 Å². The quantitative estimate of drug-likeness (QED) is 0.641. The van der Waals surface area contributed by atoms with E-state index in [9.17, 15) is 0 Å². The molecule has 0 bridgehead atoms. The summed E-state index contributed by atoms with van der Waals surface area (Å²) >= 11 is 1.76. The molecule has 0 fully saturated rings. The van der Waals surface area contributed by atoms with Crippen molar-refractivity contribution in [3.63, 3.8) is 0 Å². The standard InChI is InChI=1S/C13H20N4SSi/c1-10-6-7-12(11(2)8-10)17-13(14-15-16-17)18-9-19(3,4)5/h6-8H,9H2,1-5H3. The molecule has 4 nitrogen and oxygen atoms in total. The summed E-state index contributed by atoms with van der Waals surface area (Å²) in [6.45, 7) is 11.2. The predicted molar refractivity (Wildman–Crippen MR) is 82.7 cm³/mol. The van der Waals surface area contributed by atoms with Gasteiger partial charge in [-0.3, -0.25) is 0 Å². The second-order valence-electron chi connectivity index (χ2n) is 6.01. The maximum atomic E-state index is 4.15. The Hall–Kier alpha value is -1.14. The van der Waals surface area contributed by atoms with Gasteiger partial charge in [-0.15, -0.1) is 5.10 Å². The molecule has 0 unspecified atom stereocenters. The van der Waals surface area contributed by atoms with Crippen LogP contribution in [-0.4, -0.2) is 33.7 Å². The molecule has 0 saturated heterocycles. The smallest absolute Gasteiger partial charge is 0.187 e. The van der Waals surface area contributed by atoms with Crippen LogP contribution < -0.4 is 0 Å². The lowest BCUT2D eigenvalue weighted by Crippen LogP contribution is -2.24. The van der Waals surface area contributed by atoms with Gasteiger partial charge in [0.05, 0.1) is 13.8 Å². The number of rotatable bonds is 4. The Labute approximate surface area is 119 Å². The molecule has 2 aromatic rings. The maximum Gasteiger partial charge on any atom is 0.213 e. The van der Waals surface area contributed by atoms with Crippen LogP contribution in [0.3, 0.4) is 0 Å². The van der Waals surface area contributed by atoms with E-state index in [0.29, 0.717) is 0 Å². The van der Waals surface area contributed by atoms with Gasteiger partial charge in [0.1, 0.15) is 0 Å². The zero-order valence-electron chi connectivity index (χ0n) is 12.1. The Morgan fingerprint density at radius 3 is 2.58 bits per heavy atom. The highest BCUT2D eigenvalue weighted by atomic mass is 32.2. The Balaban J connectivity index is 2.28. The van der Waals surface area contributed by atoms with Gasteiger partial charge in [0.2, 0.25) is 5.16 Å². The molecule has 0 spiro atoms. The average molecular weight is 292 g/mol. The third kappa shape index (κ3) is 3.67. The zero-order chi connectivity index (χ0) is 14.0. The maximum absolute atomic E-state index is 4.15. The van der Waals surface area contributed by atoms with Gasteiger partial charge in [0, 0.05) is 0 Å². The van der Waals surface area contributed by atoms with Crippen molar-refractivity contribution in [2.24, 2.45) is 0 Å². The molecule has 1 aromatic carbocycles. The second-order valence-corrected chi connectivity index (χ2v) is 12.9.